The first kappa shape index (κ1) is 28.1. The number of aromatic nitrogens is 4. The third-order valence-electron chi connectivity index (χ3n) is 9.20. The maximum atomic E-state index is 6.55. The molecule has 0 amide bonds. The van der Waals surface area contributed by atoms with Gasteiger partial charge in [-0.25, -0.2) is 19.9 Å². The van der Waals surface area contributed by atoms with Crippen LogP contribution in [0, 0.1) is 0 Å². The van der Waals surface area contributed by atoms with Gasteiger partial charge in [-0.3, -0.25) is 0 Å². The smallest absolute Gasteiger partial charge is 0.227 e. The SMILES string of the molecule is c1ccc(-c2nc(-c3ccccc3)nc(-c3ccc(-c4ccc(-c5nc6ccc7oc8ccccc8c7c6o5)c5ccccc45)cc3)n2)cc1. The molecular formula is C44H26N4O2. The molecule has 0 atom stereocenters. The predicted octanol–water partition coefficient (Wildman–Crippen LogP) is 11.4. The minimum Gasteiger partial charge on any atom is -0.456 e. The van der Waals surface area contributed by atoms with Crippen LogP contribution in [0.4, 0.5) is 0 Å². The van der Waals surface area contributed by atoms with Crippen LogP contribution < -0.4 is 0 Å². The zero-order chi connectivity index (χ0) is 33.0. The highest BCUT2D eigenvalue weighted by Crippen LogP contribution is 2.40. The number of hydrogen-bond acceptors (Lipinski definition) is 6. The molecule has 3 heterocycles. The molecule has 234 valence electrons. The highest BCUT2D eigenvalue weighted by atomic mass is 16.4. The standard InChI is InChI=1S/C44H26N4O2/c1-3-11-28(12-4-1)41-46-42(29-13-5-2-6-14-29)48-43(47-41)30-21-19-27(20-22-30)31-23-24-34(33-16-8-7-15-32(31)33)44-45-36-25-26-38-39(40(36)50-44)35-17-9-10-18-37(35)49-38/h1-26H. The monoisotopic (exact) mass is 642 g/mol. The molecule has 0 bridgehead atoms. The van der Waals surface area contributed by atoms with Gasteiger partial charge in [0.2, 0.25) is 5.89 Å². The first-order valence-corrected chi connectivity index (χ1v) is 16.5. The first-order chi connectivity index (χ1) is 24.8. The van der Waals surface area contributed by atoms with E-state index in [2.05, 4.69) is 66.7 Å². The van der Waals surface area contributed by atoms with Gasteiger partial charge in [-0.2, -0.15) is 0 Å². The Morgan fingerprint density at radius 1 is 0.340 bits per heavy atom. The Bertz CT molecular complexity index is 2800. The van der Waals surface area contributed by atoms with Gasteiger partial charge in [-0.1, -0.05) is 133 Å². The van der Waals surface area contributed by atoms with Crippen LogP contribution in [0.5, 0.6) is 0 Å². The van der Waals surface area contributed by atoms with E-state index in [0.29, 0.717) is 23.4 Å². The summed E-state index contributed by atoms with van der Waals surface area (Å²) >= 11 is 0. The lowest BCUT2D eigenvalue weighted by Crippen LogP contribution is -2.00. The third-order valence-corrected chi connectivity index (χ3v) is 9.20. The summed E-state index contributed by atoms with van der Waals surface area (Å²) in [5, 5.41) is 4.13. The second-order valence-corrected chi connectivity index (χ2v) is 12.2. The molecular weight excluding hydrogens is 617 g/mol. The summed E-state index contributed by atoms with van der Waals surface area (Å²) in [5.74, 6) is 2.48. The second-order valence-electron chi connectivity index (χ2n) is 12.2. The lowest BCUT2D eigenvalue weighted by molar-refractivity contribution is 0.623. The van der Waals surface area contributed by atoms with Crippen molar-refractivity contribution in [3.8, 4) is 56.7 Å². The van der Waals surface area contributed by atoms with Crippen LogP contribution in [0.25, 0.3) is 101 Å². The average Bonchev–Trinajstić information content (AvgIpc) is 3.80. The number of furan rings is 1. The topological polar surface area (TPSA) is 77.8 Å². The molecule has 0 fully saturated rings. The van der Waals surface area contributed by atoms with Gasteiger partial charge in [-0.15, -0.1) is 0 Å². The molecule has 50 heavy (non-hydrogen) atoms. The quantitative estimate of drug-likeness (QED) is 0.186. The van der Waals surface area contributed by atoms with Crippen LogP contribution in [-0.2, 0) is 0 Å². The van der Waals surface area contributed by atoms with Crippen LogP contribution >= 0.6 is 0 Å². The zero-order valence-corrected chi connectivity index (χ0v) is 26.6. The van der Waals surface area contributed by atoms with Crippen LogP contribution in [0.1, 0.15) is 0 Å². The number of rotatable bonds is 5. The molecule has 10 rings (SSSR count). The molecule has 0 N–H and O–H groups in total. The molecule has 0 unspecified atom stereocenters. The van der Waals surface area contributed by atoms with Gasteiger partial charge in [-0.05, 0) is 46.2 Å². The number of oxazole rings is 1. The van der Waals surface area contributed by atoms with E-state index in [1.807, 2.05) is 91.0 Å². The van der Waals surface area contributed by atoms with Crippen LogP contribution in [0.3, 0.4) is 0 Å². The summed E-state index contributed by atoms with van der Waals surface area (Å²) in [4.78, 5) is 19.6. The van der Waals surface area contributed by atoms with Crippen molar-refractivity contribution in [2.45, 2.75) is 0 Å². The molecule has 3 aromatic heterocycles. The average molecular weight is 643 g/mol. The summed E-state index contributed by atoms with van der Waals surface area (Å²) in [5.41, 5.74) is 9.08. The Hall–Kier alpha value is -6.92. The summed E-state index contributed by atoms with van der Waals surface area (Å²) in [6, 6.07) is 53.1. The minimum atomic E-state index is 0.578. The zero-order valence-electron chi connectivity index (χ0n) is 26.6. The van der Waals surface area contributed by atoms with E-state index in [0.717, 1.165) is 77.2 Å². The highest BCUT2D eigenvalue weighted by molar-refractivity contribution is 6.16. The maximum absolute atomic E-state index is 6.55. The molecule has 0 aliphatic carbocycles. The highest BCUT2D eigenvalue weighted by Gasteiger charge is 2.19. The van der Waals surface area contributed by atoms with Crippen LogP contribution in [0.15, 0.2) is 167 Å². The fourth-order valence-electron chi connectivity index (χ4n) is 6.78. The molecule has 6 nitrogen and oxygen atoms in total. The fourth-order valence-corrected chi connectivity index (χ4v) is 6.78. The van der Waals surface area contributed by atoms with Crippen molar-refractivity contribution >= 4 is 43.8 Å². The number of hydrogen-bond donors (Lipinski definition) is 0. The maximum Gasteiger partial charge on any atom is 0.227 e. The normalized spacial score (nSPS) is 11.6. The van der Waals surface area contributed by atoms with E-state index in [9.17, 15) is 0 Å². The second kappa shape index (κ2) is 11.4. The van der Waals surface area contributed by atoms with E-state index in [1.54, 1.807) is 0 Å². The van der Waals surface area contributed by atoms with Gasteiger partial charge >= 0.3 is 0 Å². The predicted molar refractivity (Wildman–Crippen MR) is 199 cm³/mol. The van der Waals surface area contributed by atoms with Gasteiger partial charge in [0.25, 0.3) is 0 Å². The molecule has 0 spiro atoms. The molecule has 0 aliphatic rings. The number of para-hydroxylation sites is 1. The molecule has 10 aromatic rings. The Morgan fingerprint density at radius 2 is 0.860 bits per heavy atom. The summed E-state index contributed by atoms with van der Waals surface area (Å²) in [7, 11) is 0. The van der Waals surface area contributed by atoms with Crippen molar-refractivity contribution in [2.75, 3.05) is 0 Å². The summed E-state index contributed by atoms with van der Waals surface area (Å²) in [6.45, 7) is 0. The summed E-state index contributed by atoms with van der Waals surface area (Å²) in [6.07, 6.45) is 0. The van der Waals surface area contributed by atoms with Crippen molar-refractivity contribution in [3.63, 3.8) is 0 Å². The Kier molecular flexibility index (Phi) is 6.39. The number of fused-ring (bicyclic) bond motifs is 6. The van der Waals surface area contributed by atoms with E-state index in [-0.39, 0.29) is 0 Å². The largest absolute Gasteiger partial charge is 0.456 e. The van der Waals surface area contributed by atoms with Crippen LogP contribution in [-0.4, -0.2) is 19.9 Å². The minimum absolute atomic E-state index is 0.578. The molecule has 6 heteroatoms. The number of nitrogens with zero attached hydrogens (tertiary/aromatic N) is 4. The van der Waals surface area contributed by atoms with Gasteiger partial charge in [0.1, 0.15) is 16.7 Å². The Balaban J connectivity index is 1.06. The Morgan fingerprint density at radius 3 is 1.52 bits per heavy atom. The van der Waals surface area contributed by atoms with E-state index in [4.69, 9.17) is 28.8 Å². The van der Waals surface area contributed by atoms with Crippen molar-refractivity contribution in [1.29, 1.82) is 0 Å². The van der Waals surface area contributed by atoms with Gasteiger partial charge < -0.3 is 8.83 Å². The van der Waals surface area contributed by atoms with E-state index >= 15 is 0 Å². The lowest BCUT2D eigenvalue weighted by Gasteiger charge is -2.11. The number of benzene rings is 7. The summed E-state index contributed by atoms with van der Waals surface area (Å²) < 4.78 is 12.6. The third kappa shape index (κ3) is 4.65. The van der Waals surface area contributed by atoms with Crippen molar-refractivity contribution in [3.05, 3.63) is 158 Å². The van der Waals surface area contributed by atoms with Crippen molar-refractivity contribution < 1.29 is 8.83 Å². The van der Waals surface area contributed by atoms with E-state index in [1.165, 1.54) is 0 Å². The molecule has 0 aliphatic heterocycles. The molecule has 0 saturated heterocycles. The van der Waals surface area contributed by atoms with Gasteiger partial charge in [0, 0.05) is 27.6 Å². The van der Waals surface area contributed by atoms with Crippen LogP contribution in [0.2, 0.25) is 0 Å². The van der Waals surface area contributed by atoms with Gasteiger partial charge in [0.05, 0.1) is 5.39 Å². The fraction of sp³-hybridized carbons (Fsp3) is 0. The van der Waals surface area contributed by atoms with E-state index < -0.39 is 0 Å². The Labute approximate surface area is 286 Å². The molecule has 0 radical (unpaired) electrons. The molecule has 7 aromatic carbocycles. The van der Waals surface area contributed by atoms with Crippen molar-refractivity contribution in [1.82, 2.24) is 19.9 Å². The van der Waals surface area contributed by atoms with Crippen molar-refractivity contribution in [2.24, 2.45) is 0 Å². The molecule has 0 saturated carbocycles. The lowest BCUT2D eigenvalue weighted by atomic mass is 9.94. The first-order valence-electron chi connectivity index (χ1n) is 16.5. The van der Waals surface area contributed by atoms with Gasteiger partial charge in [0.15, 0.2) is 23.1 Å².